The van der Waals surface area contributed by atoms with Crippen LogP contribution in [-0.2, 0) is 6.18 Å². The van der Waals surface area contributed by atoms with Crippen molar-refractivity contribution >= 4 is 15.9 Å². The minimum absolute atomic E-state index is 0.210. The molecule has 0 radical (unpaired) electrons. The summed E-state index contributed by atoms with van der Waals surface area (Å²) in [6, 6.07) is 8.12. The highest BCUT2D eigenvalue weighted by Crippen LogP contribution is 2.36. The van der Waals surface area contributed by atoms with E-state index in [2.05, 4.69) is 15.9 Å². The van der Waals surface area contributed by atoms with Gasteiger partial charge in [-0.3, -0.25) is 0 Å². The Bertz CT molecular complexity index is 722. The molecule has 0 N–H and O–H groups in total. The Hall–Kier alpha value is -2.07. The van der Waals surface area contributed by atoms with Gasteiger partial charge in [0.25, 0.3) is 0 Å². The second-order valence-corrected chi connectivity index (χ2v) is 4.91. The summed E-state index contributed by atoms with van der Waals surface area (Å²) in [4.78, 5) is 0. The molecule has 2 rings (SSSR count). The molecule has 2 aromatic carbocycles. The maximum atomic E-state index is 13.5. The molecule has 7 heteroatoms. The van der Waals surface area contributed by atoms with Crippen molar-refractivity contribution in [2.75, 3.05) is 0 Å². The average molecular weight is 360 g/mol. The lowest BCUT2D eigenvalue weighted by Gasteiger charge is -2.12. The molecule has 0 amide bonds. The lowest BCUT2D eigenvalue weighted by molar-refractivity contribution is -0.137. The number of halogens is 5. The maximum absolute atomic E-state index is 13.5. The van der Waals surface area contributed by atoms with Gasteiger partial charge in [-0.15, -0.1) is 0 Å². The molecule has 2 nitrogen and oxygen atoms in total. The summed E-state index contributed by atoms with van der Waals surface area (Å²) in [5, 5.41) is 8.69. The van der Waals surface area contributed by atoms with E-state index in [4.69, 9.17) is 10.00 Å². The monoisotopic (exact) mass is 359 g/mol. The van der Waals surface area contributed by atoms with E-state index < -0.39 is 23.1 Å². The molecule has 0 heterocycles. The van der Waals surface area contributed by atoms with Gasteiger partial charge in [0.2, 0.25) is 0 Å². The third kappa shape index (κ3) is 3.52. The molecule has 0 aromatic heterocycles. The molecule has 0 saturated carbocycles. The predicted octanol–water partition coefficient (Wildman–Crippen LogP) is 5.27. The van der Waals surface area contributed by atoms with Crippen molar-refractivity contribution in [3.05, 3.63) is 57.8 Å². The third-order valence-electron chi connectivity index (χ3n) is 2.54. The van der Waals surface area contributed by atoms with Crippen molar-refractivity contribution in [1.29, 1.82) is 5.26 Å². The number of rotatable bonds is 2. The van der Waals surface area contributed by atoms with Crippen LogP contribution >= 0.6 is 15.9 Å². The van der Waals surface area contributed by atoms with Gasteiger partial charge in [-0.05, 0) is 36.4 Å². The largest absolute Gasteiger partial charge is 0.454 e. The van der Waals surface area contributed by atoms with Crippen LogP contribution in [0.4, 0.5) is 17.6 Å². The van der Waals surface area contributed by atoms with Crippen LogP contribution < -0.4 is 4.74 Å². The minimum Gasteiger partial charge on any atom is -0.454 e. The zero-order valence-electron chi connectivity index (χ0n) is 10.2. The summed E-state index contributed by atoms with van der Waals surface area (Å²) in [5.74, 6) is -1.14. The Balaban J connectivity index is 2.42. The third-order valence-corrected chi connectivity index (χ3v) is 3.03. The van der Waals surface area contributed by atoms with E-state index in [0.29, 0.717) is 10.5 Å². The number of benzene rings is 2. The van der Waals surface area contributed by atoms with Gasteiger partial charge in [-0.1, -0.05) is 15.9 Å². The fourth-order valence-corrected chi connectivity index (χ4v) is 1.94. The van der Waals surface area contributed by atoms with Crippen molar-refractivity contribution in [1.82, 2.24) is 0 Å². The molecular formula is C14H6BrF4NO. The average Bonchev–Trinajstić information content (AvgIpc) is 2.42. The fourth-order valence-electron chi connectivity index (χ4n) is 1.60. The predicted molar refractivity (Wildman–Crippen MR) is 70.3 cm³/mol. The molecule has 0 atom stereocenters. The Kier molecular flexibility index (Phi) is 4.19. The van der Waals surface area contributed by atoms with Gasteiger partial charge in [0.05, 0.1) is 17.2 Å². The topological polar surface area (TPSA) is 33.0 Å². The molecule has 0 fully saturated rings. The summed E-state index contributed by atoms with van der Waals surface area (Å²) < 4.78 is 57.6. The number of hydrogen-bond acceptors (Lipinski definition) is 2. The first kappa shape index (κ1) is 15.3. The van der Waals surface area contributed by atoms with E-state index in [9.17, 15) is 17.6 Å². The quantitative estimate of drug-likeness (QED) is 0.684. The lowest BCUT2D eigenvalue weighted by atomic mass is 10.1. The smallest absolute Gasteiger partial charge is 0.417 e. The van der Waals surface area contributed by atoms with Gasteiger partial charge in [0, 0.05) is 4.47 Å². The van der Waals surface area contributed by atoms with E-state index in [-0.39, 0.29) is 11.5 Å². The maximum Gasteiger partial charge on any atom is 0.417 e. The fraction of sp³-hybridized carbons (Fsp3) is 0.0714. The highest BCUT2D eigenvalue weighted by molar-refractivity contribution is 9.10. The molecule has 21 heavy (non-hydrogen) atoms. The van der Waals surface area contributed by atoms with Gasteiger partial charge in [0.1, 0.15) is 5.75 Å². The zero-order valence-corrected chi connectivity index (χ0v) is 11.8. The Morgan fingerprint density at radius 3 is 2.43 bits per heavy atom. The van der Waals surface area contributed by atoms with E-state index in [0.717, 1.165) is 12.1 Å². The first-order valence-corrected chi connectivity index (χ1v) is 6.35. The molecule has 0 spiro atoms. The number of nitrogens with zero attached hydrogens (tertiary/aromatic N) is 1. The van der Waals surface area contributed by atoms with Crippen LogP contribution in [0.15, 0.2) is 40.9 Å². The number of nitriles is 1. The van der Waals surface area contributed by atoms with E-state index in [1.165, 1.54) is 24.3 Å². The second kappa shape index (κ2) is 5.74. The summed E-state index contributed by atoms with van der Waals surface area (Å²) in [6.45, 7) is 0. The normalized spacial score (nSPS) is 11.0. The van der Waals surface area contributed by atoms with Gasteiger partial charge < -0.3 is 4.74 Å². The standard InChI is InChI=1S/C14H6BrF4NO/c15-9-2-4-12(16)13(5-9)21-10-3-1-8(7-20)11(6-10)14(17,18)19/h1-6H. The number of hydrogen-bond donors (Lipinski definition) is 0. The zero-order chi connectivity index (χ0) is 15.6. The van der Waals surface area contributed by atoms with Gasteiger partial charge in [-0.2, -0.15) is 18.4 Å². The highest BCUT2D eigenvalue weighted by Gasteiger charge is 2.34. The van der Waals surface area contributed by atoms with Crippen LogP contribution in [0.1, 0.15) is 11.1 Å². The van der Waals surface area contributed by atoms with Crippen molar-refractivity contribution in [3.8, 4) is 17.6 Å². The Morgan fingerprint density at radius 1 is 1.10 bits per heavy atom. The van der Waals surface area contributed by atoms with Gasteiger partial charge in [0.15, 0.2) is 11.6 Å². The van der Waals surface area contributed by atoms with Crippen LogP contribution in [0.2, 0.25) is 0 Å². The first-order valence-electron chi connectivity index (χ1n) is 5.55. The summed E-state index contributed by atoms with van der Waals surface area (Å²) in [5.41, 5.74) is -1.65. The van der Waals surface area contributed by atoms with Crippen LogP contribution in [-0.4, -0.2) is 0 Å². The van der Waals surface area contributed by atoms with Crippen molar-refractivity contribution in [2.45, 2.75) is 6.18 Å². The van der Waals surface area contributed by atoms with E-state index in [1.807, 2.05) is 0 Å². The Labute approximate surface area is 125 Å². The molecule has 0 bridgehead atoms. The van der Waals surface area contributed by atoms with E-state index in [1.54, 1.807) is 0 Å². The van der Waals surface area contributed by atoms with Crippen LogP contribution in [0.3, 0.4) is 0 Å². The van der Waals surface area contributed by atoms with Crippen LogP contribution in [0.25, 0.3) is 0 Å². The highest BCUT2D eigenvalue weighted by atomic mass is 79.9. The summed E-state index contributed by atoms with van der Waals surface area (Å²) in [6.07, 6.45) is -4.69. The van der Waals surface area contributed by atoms with Crippen molar-refractivity contribution < 1.29 is 22.3 Å². The SMILES string of the molecule is N#Cc1ccc(Oc2cc(Br)ccc2F)cc1C(F)(F)F. The summed E-state index contributed by atoms with van der Waals surface area (Å²) >= 11 is 3.11. The van der Waals surface area contributed by atoms with Crippen molar-refractivity contribution in [3.63, 3.8) is 0 Å². The molecule has 0 aliphatic heterocycles. The summed E-state index contributed by atoms with van der Waals surface area (Å²) in [7, 11) is 0. The first-order chi connectivity index (χ1) is 9.81. The molecule has 0 saturated heterocycles. The second-order valence-electron chi connectivity index (χ2n) is 3.99. The Morgan fingerprint density at radius 2 is 1.81 bits per heavy atom. The molecular weight excluding hydrogens is 354 g/mol. The lowest BCUT2D eigenvalue weighted by Crippen LogP contribution is -2.08. The van der Waals surface area contributed by atoms with E-state index >= 15 is 0 Å². The van der Waals surface area contributed by atoms with Gasteiger partial charge in [-0.25, -0.2) is 4.39 Å². The molecule has 2 aromatic rings. The molecule has 0 aliphatic rings. The van der Waals surface area contributed by atoms with Crippen molar-refractivity contribution in [2.24, 2.45) is 0 Å². The van der Waals surface area contributed by atoms with Crippen LogP contribution in [0.5, 0.6) is 11.5 Å². The number of alkyl halides is 3. The number of ether oxygens (including phenoxy) is 1. The molecule has 0 aliphatic carbocycles. The molecule has 0 unspecified atom stereocenters. The van der Waals surface area contributed by atoms with Crippen LogP contribution in [0, 0.1) is 17.1 Å². The van der Waals surface area contributed by atoms with Gasteiger partial charge >= 0.3 is 6.18 Å². The molecule has 108 valence electrons. The minimum atomic E-state index is -4.69.